The molecule has 0 saturated heterocycles. The Bertz CT molecular complexity index is 666. The van der Waals surface area contributed by atoms with Crippen LogP contribution < -0.4 is 22.5 Å². The highest BCUT2D eigenvalue weighted by atomic mass is 16.6. The Morgan fingerprint density at radius 3 is 2.19 bits per heavy atom. The molecular weight excluding hydrogens is 344 g/mol. The number of nitrogens with zero attached hydrogens (tertiary/aromatic N) is 2. The highest BCUT2D eigenvalue weighted by Gasteiger charge is 2.31. The number of ether oxygens (including phenoxy) is 2. The van der Waals surface area contributed by atoms with Crippen molar-refractivity contribution in [2.24, 2.45) is 23.9 Å². The number of carbonyl (C=O) groups excluding carboxylic acids is 3. The average Bonchev–Trinajstić information content (AvgIpc) is 2.80. The van der Waals surface area contributed by atoms with Gasteiger partial charge >= 0.3 is 12.2 Å². The molecule has 1 unspecified atom stereocenters. The van der Waals surface area contributed by atoms with Crippen LogP contribution in [0.4, 0.5) is 21.1 Å². The fraction of sp³-hybridized carbons (Fsp3) is 0.600. The number of nitrogens with one attached hydrogen (secondary N) is 1. The predicted octanol–water partition coefficient (Wildman–Crippen LogP) is 0.695. The quantitative estimate of drug-likeness (QED) is 0.545. The molecule has 11 heteroatoms. The SMILES string of the molecule is Cn1ncc(NC(=O)[C@H](CCC(OC(N)=O)C(C)(C)C)OC(N)=O)c1N. The number of hydrogen-bond acceptors (Lipinski definition) is 7. The first-order valence-electron chi connectivity index (χ1n) is 7.92. The molecule has 7 N–H and O–H groups in total. The summed E-state index contributed by atoms with van der Waals surface area (Å²) in [5, 5.41) is 6.43. The van der Waals surface area contributed by atoms with E-state index in [-0.39, 0.29) is 24.3 Å². The third-order valence-corrected chi connectivity index (χ3v) is 3.71. The number of nitrogen functional groups attached to an aromatic ring is 1. The van der Waals surface area contributed by atoms with Crippen molar-refractivity contribution < 1.29 is 23.9 Å². The number of aryl methyl sites for hydroxylation is 1. The van der Waals surface area contributed by atoms with E-state index in [1.807, 2.05) is 20.8 Å². The molecule has 1 rings (SSSR count). The van der Waals surface area contributed by atoms with Crippen molar-refractivity contribution in [1.29, 1.82) is 0 Å². The lowest BCUT2D eigenvalue weighted by Crippen LogP contribution is -2.38. The van der Waals surface area contributed by atoms with Gasteiger partial charge in [0, 0.05) is 7.05 Å². The van der Waals surface area contributed by atoms with Gasteiger partial charge in [-0.25, -0.2) is 9.59 Å². The number of aromatic nitrogens is 2. The minimum Gasteiger partial charge on any atom is -0.446 e. The van der Waals surface area contributed by atoms with E-state index in [0.29, 0.717) is 0 Å². The van der Waals surface area contributed by atoms with E-state index in [9.17, 15) is 14.4 Å². The molecule has 146 valence electrons. The van der Waals surface area contributed by atoms with Gasteiger partial charge in [0.1, 0.15) is 17.6 Å². The van der Waals surface area contributed by atoms with Crippen molar-refractivity contribution in [3.8, 4) is 0 Å². The molecule has 0 bridgehead atoms. The van der Waals surface area contributed by atoms with Crippen molar-refractivity contribution in [3.63, 3.8) is 0 Å². The zero-order chi connectivity index (χ0) is 20.1. The van der Waals surface area contributed by atoms with Crippen LogP contribution in [0.3, 0.4) is 0 Å². The van der Waals surface area contributed by atoms with Gasteiger partial charge in [0.25, 0.3) is 5.91 Å². The summed E-state index contributed by atoms with van der Waals surface area (Å²) >= 11 is 0. The van der Waals surface area contributed by atoms with E-state index in [1.54, 1.807) is 7.05 Å². The normalized spacial score (nSPS) is 13.5. The van der Waals surface area contributed by atoms with E-state index < -0.39 is 35.7 Å². The van der Waals surface area contributed by atoms with Crippen LogP contribution in [0.15, 0.2) is 6.20 Å². The number of amides is 3. The lowest BCUT2D eigenvalue weighted by molar-refractivity contribution is -0.124. The molecule has 3 amide bonds. The van der Waals surface area contributed by atoms with E-state index in [1.165, 1.54) is 10.9 Å². The van der Waals surface area contributed by atoms with Crippen molar-refractivity contribution in [2.75, 3.05) is 11.1 Å². The van der Waals surface area contributed by atoms with Gasteiger partial charge in [0.2, 0.25) is 0 Å². The third-order valence-electron chi connectivity index (χ3n) is 3.71. The molecule has 0 fully saturated rings. The second-order valence-corrected chi connectivity index (χ2v) is 6.85. The molecule has 0 radical (unpaired) electrons. The van der Waals surface area contributed by atoms with Crippen LogP contribution in [0.1, 0.15) is 33.6 Å². The Hall–Kier alpha value is -2.98. The molecule has 1 aromatic rings. The van der Waals surface area contributed by atoms with Crippen LogP contribution >= 0.6 is 0 Å². The van der Waals surface area contributed by atoms with E-state index in [0.717, 1.165) is 0 Å². The van der Waals surface area contributed by atoms with Crippen LogP contribution in [-0.2, 0) is 21.3 Å². The van der Waals surface area contributed by atoms with Crippen LogP contribution in [0.2, 0.25) is 0 Å². The number of rotatable bonds is 7. The smallest absolute Gasteiger partial charge is 0.405 e. The zero-order valence-corrected chi connectivity index (χ0v) is 15.3. The lowest BCUT2D eigenvalue weighted by atomic mass is 9.85. The van der Waals surface area contributed by atoms with Gasteiger partial charge in [-0.1, -0.05) is 20.8 Å². The molecular formula is C15H26N6O5. The maximum atomic E-state index is 12.4. The summed E-state index contributed by atoms with van der Waals surface area (Å²) in [6, 6.07) is 0. The Morgan fingerprint density at radius 1 is 1.19 bits per heavy atom. The number of anilines is 2. The van der Waals surface area contributed by atoms with Gasteiger partial charge in [0.05, 0.1) is 6.20 Å². The minimum absolute atomic E-state index is 0.0597. The topological polar surface area (TPSA) is 178 Å². The van der Waals surface area contributed by atoms with Crippen molar-refractivity contribution in [3.05, 3.63) is 6.20 Å². The molecule has 0 aromatic carbocycles. The molecule has 0 aliphatic carbocycles. The first kappa shape index (κ1) is 21.1. The maximum Gasteiger partial charge on any atom is 0.405 e. The minimum atomic E-state index is -1.20. The molecule has 0 saturated carbocycles. The van der Waals surface area contributed by atoms with E-state index in [2.05, 4.69) is 10.4 Å². The molecule has 1 heterocycles. The van der Waals surface area contributed by atoms with E-state index >= 15 is 0 Å². The Kier molecular flexibility index (Phi) is 6.81. The van der Waals surface area contributed by atoms with Crippen LogP contribution in [-0.4, -0.2) is 40.1 Å². The van der Waals surface area contributed by atoms with Crippen LogP contribution in [0.5, 0.6) is 0 Å². The van der Waals surface area contributed by atoms with Gasteiger partial charge in [-0.2, -0.15) is 5.10 Å². The Morgan fingerprint density at radius 2 is 1.77 bits per heavy atom. The van der Waals surface area contributed by atoms with Crippen LogP contribution in [0.25, 0.3) is 0 Å². The summed E-state index contributed by atoms with van der Waals surface area (Å²) in [5.41, 5.74) is 15.7. The zero-order valence-electron chi connectivity index (χ0n) is 15.3. The number of nitrogens with two attached hydrogens (primary N) is 3. The largest absolute Gasteiger partial charge is 0.446 e. The fourth-order valence-electron chi connectivity index (χ4n) is 2.25. The standard InChI is InChI=1S/C15H26N6O5/c1-15(2,3)10(26-14(18)24)6-5-9(25-13(17)23)12(22)20-8-7-19-21(4)11(8)16/h7,9-10H,5-6,16H2,1-4H3,(H2,17,23)(H2,18,24)(H,20,22)/t9-,10?/m0/s1. The van der Waals surface area contributed by atoms with Crippen LogP contribution in [0, 0.1) is 5.41 Å². The van der Waals surface area contributed by atoms with Gasteiger partial charge in [-0.3, -0.25) is 9.48 Å². The lowest BCUT2D eigenvalue weighted by Gasteiger charge is -2.30. The van der Waals surface area contributed by atoms with Gasteiger partial charge in [-0.15, -0.1) is 0 Å². The maximum absolute atomic E-state index is 12.4. The number of carbonyl (C=O) groups is 3. The van der Waals surface area contributed by atoms with Crippen molar-refractivity contribution >= 4 is 29.6 Å². The molecule has 11 nitrogen and oxygen atoms in total. The summed E-state index contributed by atoms with van der Waals surface area (Å²) < 4.78 is 11.3. The van der Waals surface area contributed by atoms with E-state index in [4.69, 9.17) is 26.7 Å². The molecule has 2 atom stereocenters. The molecule has 0 aliphatic heterocycles. The molecule has 0 aliphatic rings. The first-order chi connectivity index (χ1) is 11.9. The summed E-state index contributed by atoms with van der Waals surface area (Å²) in [4.78, 5) is 34.6. The third kappa shape index (κ3) is 6.15. The summed E-state index contributed by atoms with van der Waals surface area (Å²) in [6.45, 7) is 5.54. The first-order valence-corrected chi connectivity index (χ1v) is 7.92. The Balaban J connectivity index is 2.85. The number of primary amides is 2. The number of hydrogen-bond donors (Lipinski definition) is 4. The summed E-state index contributed by atoms with van der Waals surface area (Å²) in [6.07, 6.45) is -2.17. The highest BCUT2D eigenvalue weighted by molar-refractivity contribution is 5.97. The monoisotopic (exact) mass is 370 g/mol. The second kappa shape index (κ2) is 8.41. The highest BCUT2D eigenvalue weighted by Crippen LogP contribution is 2.27. The predicted molar refractivity (Wildman–Crippen MR) is 93.9 cm³/mol. The fourth-order valence-corrected chi connectivity index (χ4v) is 2.25. The summed E-state index contributed by atoms with van der Waals surface area (Å²) in [5.74, 6) is -0.393. The molecule has 1 aromatic heterocycles. The van der Waals surface area contributed by atoms with Gasteiger partial charge in [-0.05, 0) is 18.3 Å². The Labute approximate surface area is 151 Å². The van der Waals surface area contributed by atoms with Gasteiger partial charge < -0.3 is 32.0 Å². The second-order valence-electron chi connectivity index (χ2n) is 6.85. The van der Waals surface area contributed by atoms with Crippen molar-refractivity contribution in [1.82, 2.24) is 9.78 Å². The van der Waals surface area contributed by atoms with Gasteiger partial charge in [0.15, 0.2) is 6.10 Å². The van der Waals surface area contributed by atoms with Crippen molar-refractivity contribution in [2.45, 2.75) is 45.8 Å². The average molecular weight is 370 g/mol. The molecule has 0 spiro atoms. The molecule has 26 heavy (non-hydrogen) atoms. The summed E-state index contributed by atoms with van der Waals surface area (Å²) in [7, 11) is 1.61.